The van der Waals surface area contributed by atoms with Crippen LogP contribution in [0.4, 0.5) is 0 Å². The largest absolute Gasteiger partial charge is 0.489 e. The van der Waals surface area contributed by atoms with E-state index in [-0.39, 0.29) is 6.61 Å². The molecule has 1 aromatic carbocycles. The van der Waals surface area contributed by atoms with Crippen LogP contribution in [-0.2, 0) is 6.61 Å². The molecule has 3 heteroatoms. The molecule has 1 rings (SSSR count). The van der Waals surface area contributed by atoms with Crippen LogP contribution in [0, 0.1) is 0 Å². The number of benzene rings is 1. The lowest BCUT2D eigenvalue weighted by molar-refractivity contribution is 0.268. The van der Waals surface area contributed by atoms with Gasteiger partial charge in [-0.3, -0.25) is 0 Å². The molecule has 0 aliphatic carbocycles. The van der Waals surface area contributed by atoms with Crippen molar-refractivity contribution in [2.24, 2.45) is 0 Å². The Morgan fingerprint density at radius 2 is 2.27 bits per heavy atom. The van der Waals surface area contributed by atoms with Gasteiger partial charge in [0.15, 0.2) is 0 Å². The van der Waals surface area contributed by atoms with Gasteiger partial charge in [0.05, 0.1) is 6.61 Å². The van der Waals surface area contributed by atoms with E-state index in [1.165, 1.54) is 0 Å². The minimum Gasteiger partial charge on any atom is -0.489 e. The van der Waals surface area contributed by atoms with Crippen molar-refractivity contribution in [3.05, 3.63) is 40.9 Å². The van der Waals surface area contributed by atoms with Gasteiger partial charge in [-0.15, -0.1) is 0 Å². The first kappa shape index (κ1) is 12.1. The maximum absolute atomic E-state index is 9.13. The predicted octanol–water partition coefficient (Wildman–Crippen LogP) is 3.18. The average molecular weight is 227 g/mol. The molecule has 0 fully saturated rings. The van der Waals surface area contributed by atoms with E-state index in [0.717, 1.165) is 12.0 Å². The Morgan fingerprint density at radius 3 is 2.87 bits per heavy atom. The third-order valence-corrected chi connectivity index (χ3v) is 2.52. The first-order chi connectivity index (χ1) is 7.19. The molecule has 2 nitrogen and oxygen atoms in total. The van der Waals surface area contributed by atoms with Gasteiger partial charge in [-0.1, -0.05) is 31.2 Å². The number of hydrogen-bond acceptors (Lipinski definition) is 2. The average Bonchev–Trinajstić information content (AvgIpc) is 2.25. The molecule has 0 amide bonds. The lowest BCUT2D eigenvalue weighted by atomic mass is 10.2. The van der Waals surface area contributed by atoms with Gasteiger partial charge in [0.2, 0.25) is 0 Å². The van der Waals surface area contributed by atoms with Crippen LogP contribution in [0.1, 0.15) is 18.9 Å². The van der Waals surface area contributed by atoms with Crippen molar-refractivity contribution in [2.75, 3.05) is 6.61 Å². The summed E-state index contributed by atoms with van der Waals surface area (Å²) in [5.74, 6) is 0.625. The summed E-state index contributed by atoms with van der Waals surface area (Å²) in [4.78, 5) is 0. The molecule has 0 aliphatic rings. The number of ether oxygens (including phenoxy) is 1. The van der Waals surface area contributed by atoms with E-state index in [0.29, 0.717) is 22.9 Å². The van der Waals surface area contributed by atoms with E-state index in [9.17, 15) is 0 Å². The summed E-state index contributed by atoms with van der Waals surface area (Å²) in [6.45, 7) is 6.21. The molecule has 0 unspecified atom stereocenters. The molecule has 0 saturated carbocycles. The van der Waals surface area contributed by atoms with E-state index in [1.807, 2.05) is 6.92 Å². The maximum atomic E-state index is 9.13. The van der Waals surface area contributed by atoms with Crippen molar-refractivity contribution in [1.82, 2.24) is 0 Å². The van der Waals surface area contributed by atoms with Gasteiger partial charge >= 0.3 is 0 Å². The topological polar surface area (TPSA) is 29.5 Å². The van der Waals surface area contributed by atoms with Crippen molar-refractivity contribution >= 4 is 11.6 Å². The summed E-state index contributed by atoms with van der Waals surface area (Å²) in [5.41, 5.74) is 1.64. The lowest BCUT2D eigenvalue weighted by Gasteiger charge is -2.11. The number of hydrogen-bond donors (Lipinski definition) is 1. The molecule has 0 saturated heterocycles. The zero-order valence-electron chi connectivity index (χ0n) is 8.79. The number of halogens is 1. The molecule has 1 N–H and O–H groups in total. The molecule has 1 aromatic rings. The number of aliphatic hydroxyl groups is 1. The van der Waals surface area contributed by atoms with Crippen LogP contribution in [0.15, 0.2) is 30.4 Å². The van der Waals surface area contributed by atoms with Crippen LogP contribution in [-0.4, -0.2) is 11.7 Å². The van der Waals surface area contributed by atoms with E-state index < -0.39 is 0 Å². The van der Waals surface area contributed by atoms with Crippen LogP contribution in [0.2, 0.25) is 5.02 Å². The number of rotatable bonds is 5. The summed E-state index contributed by atoms with van der Waals surface area (Å²) < 4.78 is 5.52. The van der Waals surface area contributed by atoms with Gasteiger partial charge in [0.25, 0.3) is 0 Å². The molecule has 15 heavy (non-hydrogen) atoms. The normalized spacial score (nSPS) is 10.1. The first-order valence-corrected chi connectivity index (χ1v) is 5.24. The lowest BCUT2D eigenvalue weighted by Crippen LogP contribution is -2.02. The molecule has 82 valence electrons. The van der Waals surface area contributed by atoms with E-state index in [1.54, 1.807) is 18.2 Å². The van der Waals surface area contributed by atoms with Gasteiger partial charge in [0.1, 0.15) is 12.4 Å². The van der Waals surface area contributed by atoms with Gasteiger partial charge < -0.3 is 9.84 Å². The van der Waals surface area contributed by atoms with Crippen LogP contribution < -0.4 is 4.74 Å². The number of aliphatic hydroxyl groups excluding tert-OH is 1. The second-order valence-electron chi connectivity index (χ2n) is 3.27. The van der Waals surface area contributed by atoms with Crippen LogP contribution >= 0.6 is 11.6 Å². The molecule has 0 aromatic heterocycles. The Balaban J connectivity index is 2.76. The molecule has 0 aliphatic heterocycles. The first-order valence-electron chi connectivity index (χ1n) is 4.86. The second kappa shape index (κ2) is 5.79. The summed E-state index contributed by atoms with van der Waals surface area (Å²) in [5, 5.41) is 9.66. The standard InChI is InChI=1S/C12H15ClO2/c1-3-9(2)8-15-12-6-4-5-11(13)10(12)7-14/h4-6,14H,2-3,7-8H2,1H3. The van der Waals surface area contributed by atoms with Gasteiger partial charge in [-0.2, -0.15) is 0 Å². The van der Waals surface area contributed by atoms with Crippen molar-refractivity contribution in [2.45, 2.75) is 20.0 Å². The Bertz CT molecular complexity index is 347. The fourth-order valence-electron chi connectivity index (χ4n) is 1.11. The molecular formula is C12H15ClO2. The molecule has 0 bridgehead atoms. The fourth-order valence-corrected chi connectivity index (χ4v) is 1.34. The third-order valence-electron chi connectivity index (χ3n) is 2.17. The molecule has 0 spiro atoms. The highest BCUT2D eigenvalue weighted by Gasteiger charge is 2.06. The van der Waals surface area contributed by atoms with E-state index >= 15 is 0 Å². The minimum absolute atomic E-state index is 0.117. The van der Waals surface area contributed by atoms with Crippen molar-refractivity contribution in [3.63, 3.8) is 0 Å². The fraction of sp³-hybridized carbons (Fsp3) is 0.333. The zero-order chi connectivity index (χ0) is 11.3. The van der Waals surface area contributed by atoms with E-state index in [4.69, 9.17) is 21.4 Å². The highest BCUT2D eigenvalue weighted by atomic mass is 35.5. The van der Waals surface area contributed by atoms with Crippen molar-refractivity contribution < 1.29 is 9.84 Å². The molecular weight excluding hydrogens is 212 g/mol. The van der Waals surface area contributed by atoms with Gasteiger partial charge in [-0.05, 0) is 24.1 Å². The molecule has 0 heterocycles. The summed E-state index contributed by atoms with van der Waals surface area (Å²) in [6.07, 6.45) is 0.884. The minimum atomic E-state index is -0.117. The summed E-state index contributed by atoms with van der Waals surface area (Å²) >= 11 is 5.92. The SMILES string of the molecule is C=C(CC)COc1cccc(Cl)c1CO. The quantitative estimate of drug-likeness (QED) is 0.782. The Labute approximate surface area is 95.1 Å². The Kier molecular flexibility index (Phi) is 4.66. The van der Waals surface area contributed by atoms with Gasteiger partial charge in [0, 0.05) is 10.6 Å². The van der Waals surface area contributed by atoms with E-state index in [2.05, 4.69) is 6.58 Å². The zero-order valence-corrected chi connectivity index (χ0v) is 9.55. The Hall–Kier alpha value is -0.990. The van der Waals surface area contributed by atoms with Crippen LogP contribution in [0.3, 0.4) is 0 Å². The summed E-state index contributed by atoms with van der Waals surface area (Å²) in [6, 6.07) is 5.32. The maximum Gasteiger partial charge on any atom is 0.126 e. The summed E-state index contributed by atoms with van der Waals surface area (Å²) in [7, 11) is 0. The van der Waals surface area contributed by atoms with Crippen LogP contribution in [0.5, 0.6) is 5.75 Å². The van der Waals surface area contributed by atoms with Crippen LogP contribution in [0.25, 0.3) is 0 Å². The monoisotopic (exact) mass is 226 g/mol. The Morgan fingerprint density at radius 1 is 1.53 bits per heavy atom. The van der Waals surface area contributed by atoms with Crippen molar-refractivity contribution in [1.29, 1.82) is 0 Å². The molecule has 0 atom stereocenters. The van der Waals surface area contributed by atoms with Gasteiger partial charge in [-0.25, -0.2) is 0 Å². The van der Waals surface area contributed by atoms with Crippen molar-refractivity contribution in [3.8, 4) is 5.75 Å². The predicted molar refractivity (Wildman–Crippen MR) is 62.3 cm³/mol. The smallest absolute Gasteiger partial charge is 0.126 e. The second-order valence-corrected chi connectivity index (χ2v) is 3.67. The highest BCUT2D eigenvalue weighted by Crippen LogP contribution is 2.26. The highest BCUT2D eigenvalue weighted by molar-refractivity contribution is 6.31. The third kappa shape index (κ3) is 3.26. The molecule has 0 radical (unpaired) electrons.